The summed E-state index contributed by atoms with van der Waals surface area (Å²) in [6, 6.07) is 23.8. The molecule has 0 heterocycles. The van der Waals surface area contributed by atoms with Crippen LogP contribution in [0.5, 0.6) is 0 Å². The summed E-state index contributed by atoms with van der Waals surface area (Å²) in [5.41, 5.74) is 5.69. The van der Waals surface area contributed by atoms with Crippen LogP contribution in [0.3, 0.4) is 0 Å². The van der Waals surface area contributed by atoms with E-state index in [2.05, 4.69) is 67.1 Å². The lowest BCUT2D eigenvalue weighted by molar-refractivity contribution is -0.139. The summed E-state index contributed by atoms with van der Waals surface area (Å²) in [5.74, 6) is 1.25. The zero-order valence-electron chi connectivity index (χ0n) is 22.2. The van der Waals surface area contributed by atoms with Gasteiger partial charge in [-0.05, 0) is 48.6 Å². The van der Waals surface area contributed by atoms with Gasteiger partial charge in [0.2, 0.25) is 11.8 Å². The summed E-state index contributed by atoms with van der Waals surface area (Å²) in [4.78, 5) is 29.0. The van der Waals surface area contributed by atoms with Crippen LogP contribution in [0.1, 0.15) is 41.7 Å². The van der Waals surface area contributed by atoms with Gasteiger partial charge in [0.15, 0.2) is 0 Å². The van der Waals surface area contributed by atoms with Crippen molar-refractivity contribution in [3.05, 3.63) is 105 Å². The monoisotopic (exact) mass is 580 g/mol. The van der Waals surface area contributed by atoms with Gasteiger partial charge in [-0.15, -0.1) is 11.8 Å². The maximum Gasteiger partial charge on any atom is 0.243 e. The average molecular weight is 582 g/mol. The molecule has 3 rings (SSSR count). The molecule has 0 aliphatic carbocycles. The minimum atomic E-state index is -0.598. The van der Waals surface area contributed by atoms with Crippen molar-refractivity contribution in [1.82, 2.24) is 10.2 Å². The zero-order chi connectivity index (χ0) is 26.8. The quantitative estimate of drug-likeness (QED) is 0.259. The average Bonchev–Trinajstić information content (AvgIpc) is 2.85. The minimum Gasteiger partial charge on any atom is -0.354 e. The molecule has 4 nitrogen and oxygen atoms in total. The standard InChI is InChI=1S/C31H37BrN2O2S/c1-22(2)18-33-31(36)29(17-25-8-6-5-7-9-25)34(19-26-10-12-28(32)13-11-26)30(35)21-37-20-27-15-23(3)14-24(4)16-27/h5-16,22,29H,17-21H2,1-4H3,(H,33,36). The van der Waals surface area contributed by atoms with Gasteiger partial charge >= 0.3 is 0 Å². The molecule has 37 heavy (non-hydrogen) atoms. The number of hydrogen-bond donors (Lipinski definition) is 1. The smallest absolute Gasteiger partial charge is 0.243 e. The zero-order valence-corrected chi connectivity index (χ0v) is 24.6. The van der Waals surface area contributed by atoms with Crippen molar-refractivity contribution in [3.8, 4) is 0 Å². The topological polar surface area (TPSA) is 49.4 Å². The Labute approximate surface area is 234 Å². The van der Waals surface area contributed by atoms with E-state index < -0.39 is 6.04 Å². The van der Waals surface area contributed by atoms with E-state index in [1.807, 2.05) is 54.6 Å². The molecule has 0 radical (unpaired) electrons. The highest BCUT2D eigenvalue weighted by Crippen LogP contribution is 2.20. The molecule has 6 heteroatoms. The second kappa shape index (κ2) is 14.4. The van der Waals surface area contributed by atoms with Gasteiger partial charge in [-0.2, -0.15) is 0 Å². The van der Waals surface area contributed by atoms with E-state index in [1.165, 1.54) is 16.7 Å². The predicted octanol–water partition coefficient (Wildman–Crippen LogP) is 6.71. The second-order valence-corrected chi connectivity index (χ2v) is 11.9. The van der Waals surface area contributed by atoms with Gasteiger partial charge in [0.05, 0.1) is 5.75 Å². The van der Waals surface area contributed by atoms with Crippen molar-refractivity contribution >= 4 is 39.5 Å². The molecule has 1 atom stereocenters. The molecule has 0 saturated heterocycles. The lowest BCUT2D eigenvalue weighted by Crippen LogP contribution is -2.51. The van der Waals surface area contributed by atoms with Crippen LogP contribution >= 0.6 is 27.7 Å². The Kier molecular flexibility index (Phi) is 11.3. The van der Waals surface area contributed by atoms with Crippen molar-refractivity contribution in [3.63, 3.8) is 0 Å². The summed E-state index contributed by atoms with van der Waals surface area (Å²) in [6.07, 6.45) is 0.467. The van der Waals surface area contributed by atoms with Crippen molar-refractivity contribution in [1.29, 1.82) is 0 Å². The Morgan fingerprint density at radius 3 is 2.16 bits per heavy atom. The Morgan fingerprint density at radius 2 is 1.54 bits per heavy atom. The fourth-order valence-electron chi connectivity index (χ4n) is 4.25. The summed E-state index contributed by atoms with van der Waals surface area (Å²) in [6.45, 7) is 9.28. The van der Waals surface area contributed by atoms with Crippen LogP contribution in [-0.4, -0.2) is 35.1 Å². The van der Waals surface area contributed by atoms with E-state index in [4.69, 9.17) is 0 Å². The molecular formula is C31H37BrN2O2S. The number of nitrogens with zero attached hydrogens (tertiary/aromatic N) is 1. The number of amides is 2. The first-order chi connectivity index (χ1) is 17.7. The van der Waals surface area contributed by atoms with E-state index in [0.717, 1.165) is 21.4 Å². The first-order valence-electron chi connectivity index (χ1n) is 12.7. The molecule has 0 aliphatic rings. The lowest BCUT2D eigenvalue weighted by Gasteiger charge is -2.32. The Hall–Kier alpha value is -2.57. The van der Waals surface area contributed by atoms with Crippen molar-refractivity contribution in [2.45, 2.75) is 52.5 Å². The van der Waals surface area contributed by atoms with Gasteiger partial charge in [0.1, 0.15) is 6.04 Å². The molecule has 2 amide bonds. The van der Waals surface area contributed by atoms with Gasteiger partial charge in [0.25, 0.3) is 0 Å². The number of rotatable bonds is 12. The summed E-state index contributed by atoms with van der Waals surface area (Å²) in [7, 11) is 0. The molecule has 0 spiro atoms. The van der Waals surface area contributed by atoms with Crippen LogP contribution in [-0.2, 0) is 28.3 Å². The highest BCUT2D eigenvalue weighted by molar-refractivity contribution is 9.10. The van der Waals surface area contributed by atoms with Gasteiger partial charge in [-0.25, -0.2) is 0 Å². The van der Waals surface area contributed by atoms with Crippen LogP contribution in [0, 0.1) is 19.8 Å². The molecule has 1 unspecified atom stereocenters. The third-order valence-electron chi connectivity index (χ3n) is 6.00. The first kappa shape index (κ1) is 29.0. The molecule has 0 aliphatic heterocycles. The number of nitrogens with one attached hydrogen (secondary N) is 1. The molecule has 0 aromatic heterocycles. The Balaban J connectivity index is 1.84. The maximum absolute atomic E-state index is 13.7. The number of halogens is 1. The van der Waals surface area contributed by atoms with Crippen molar-refractivity contribution in [2.75, 3.05) is 12.3 Å². The summed E-state index contributed by atoms with van der Waals surface area (Å²) < 4.78 is 0.980. The largest absolute Gasteiger partial charge is 0.354 e. The number of aryl methyl sites for hydroxylation is 2. The van der Waals surface area contributed by atoms with Crippen LogP contribution in [0.4, 0.5) is 0 Å². The Bertz CT molecular complexity index is 1150. The van der Waals surface area contributed by atoms with Gasteiger partial charge in [-0.3, -0.25) is 9.59 Å². The first-order valence-corrected chi connectivity index (χ1v) is 14.7. The van der Waals surface area contributed by atoms with Crippen LogP contribution in [0.15, 0.2) is 77.3 Å². The number of thioether (sulfide) groups is 1. The fourth-order valence-corrected chi connectivity index (χ4v) is 5.36. The summed E-state index contributed by atoms with van der Waals surface area (Å²) >= 11 is 5.09. The van der Waals surface area contributed by atoms with E-state index in [9.17, 15) is 9.59 Å². The molecule has 3 aromatic carbocycles. The third kappa shape index (κ3) is 9.67. The SMILES string of the molecule is Cc1cc(C)cc(CSCC(=O)N(Cc2ccc(Br)cc2)C(Cc2ccccc2)C(=O)NCC(C)C)c1. The molecule has 0 saturated carbocycles. The number of carbonyl (C=O) groups is 2. The third-order valence-corrected chi connectivity index (χ3v) is 7.51. The highest BCUT2D eigenvalue weighted by Gasteiger charge is 2.30. The van der Waals surface area contributed by atoms with Crippen LogP contribution < -0.4 is 5.32 Å². The van der Waals surface area contributed by atoms with Gasteiger partial charge in [0, 0.05) is 29.7 Å². The van der Waals surface area contributed by atoms with E-state index >= 15 is 0 Å². The molecule has 196 valence electrons. The lowest BCUT2D eigenvalue weighted by atomic mass is 10.0. The molecular weight excluding hydrogens is 544 g/mol. The van der Waals surface area contributed by atoms with E-state index in [0.29, 0.717) is 31.2 Å². The second-order valence-electron chi connectivity index (χ2n) is 9.98. The van der Waals surface area contributed by atoms with Crippen LogP contribution in [0.25, 0.3) is 0 Å². The van der Waals surface area contributed by atoms with E-state index in [-0.39, 0.29) is 11.8 Å². The Morgan fingerprint density at radius 1 is 0.892 bits per heavy atom. The molecule has 1 N–H and O–H groups in total. The normalized spacial score (nSPS) is 11.8. The fraction of sp³-hybridized carbons (Fsp3) is 0.355. The molecule has 3 aromatic rings. The summed E-state index contributed by atoms with van der Waals surface area (Å²) in [5, 5.41) is 3.08. The molecule has 0 bridgehead atoms. The van der Waals surface area contributed by atoms with Gasteiger partial charge in [-0.1, -0.05) is 102 Å². The number of benzene rings is 3. The predicted molar refractivity (Wildman–Crippen MR) is 159 cm³/mol. The maximum atomic E-state index is 13.7. The number of hydrogen-bond acceptors (Lipinski definition) is 3. The molecule has 0 fully saturated rings. The minimum absolute atomic E-state index is 0.0297. The van der Waals surface area contributed by atoms with Gasteiger partial charge < -0.3 is 10.2 Å². The number of carbonyl (C=O) groups excluding carboxylic acids is 2. The van der Waals surface area contributed by atoms with Crippen molar-refractivity contribution < 1.29 is 9.59 Å². The van der Waals surface area contributed by atoms with Crippen LogP contribution in [0.2, 0.25) is 0 Å². The van der Waals surface area contributed by atoms with Crippen molar-refractivity contribution in [2.24, 2.45) is 5.92 Å². The van der Waals surface area contributed by atoms with E-state index in [1.54, 1.807) is 16.7 Å². The highest BCUT2D eigenvalue weighted by atomic mass is 79.9.